The molecule has 1 aromatic carbocycles. The van der Waals surface area contributed by atoms with Crippen LogP contribution < -0.4 is 15.8 Å². The standard InChI is InChI=1S/C15H24N2O3/c1-11-5-6-13(12(2)16)14(9-11)20-10-15(18)17-7-4-8-19-3/h5-6,9,12H,4,7-8,10,16H2,1-3H3,(H,17,18)/t12-/m1/s1. The number of hydrogen-bond acceptors (Lipinski definition) is 4. The van der Waals surface area contributed by atoms with Gasteiger partial charge in [-0.3, -0.25) is 4.79 Å². The van der Waals surface area contributed by atoms with Crippen LogP contribution in [0.3, 0.4) is 0 Å². The van der Waals surface area contributed by atoms with Crippen LogP contribution in [0.25, 0.3) is 0 Å². The highest BCUT2D eigenvalue weighted by atomic mass is 16.5. The average molecular weight is 280 g/mol. The van der Waals surface area contributed by atoms with Crippen LogP contribution in [0, 0.1) is 6.92 Å². The molecule has 0 radical (unpaired) electrons. The molecule has 0 aromatic heterocycles. The van der Waals surface area contributed by atoms with Gasteiger partial charge >= 0.3 is 0 Å². The largest absolute Gasteiger partial charge is 0.483 e. The molecule has 1 atom stereocenters. The van der Waals surface area contributed by atoms with E-state index in [1.807, 2.05) is 32.0 Å². The Hall–Kier alpha value is -1.59. The summed E-state index contributed by atoms with van der Waals surface area (Å²) in [4.78, 5) is 11.6. The van der Waals surface area contributed by atoms with Crippen LogP contribution in [0.2, 0.25) is 0 Å². The van der Waals surface area contributed by atoms with Gasteiger partial charge in [-0.2, -0.15) is 0 Å². The van der Waals surface area contributed by atoms with Gasteiger partial charge in [0, 0.05) is 31.9 Å². The number of amides is 1. The number of nitrogens with one attached hydrogen (secondary N) is 1. The van der Waals surface area contributed by atoms with Crippen LogP contribution in [0.4, 0.5) is 0 Å². The van der Waals surface area contributed by atoms with E-state index in [-0.39, 0.29) is 18.6 Å². The molecule has 0 bridgehead atoms. The Bertz CT molecular complexity index is 433. The molecule has 1 aromatic rings. The van der Waals surface area contributed by atoms with Gasteiger partial charge in [-0.15, -0.1) is 0 Å². The summed E-state index contributed by atoms with van der Waals surface area (Å²) in [5.41, 5.74) is 7.87. The summed E-state index contributed by atoms with van der Waals surface area (Å²) in [5.74, 6) is 0.533. The smallest absolute Gasteiger partial charge is 0.257 e. The number of aryl methyl sites for hydroxylation is 1. The second-order valence-corrected chi connectivity index (χ2v) is 4.81. The summed E-state index contributed by atoms with van der Waals surface area (Å²) in [6.07, 6.45) is 0.789. The molecule has 20 heavy (non-hydrogen) atoms. The van der Waals surface area contributed by atoms with Gasteiger partial charge in [0.1, 0.15) is 5.75 Å². The zero-order valence-corrected chi connectivity index (χ0v) is 12.4. The highest BCUT2D eigenvalue weighted by Gasteiger charge is 2.10. The normalized spacial score (nSPS) is 12.0. The molecule has 112 valence electrons. The van der Waals surface area contributed by atoms with Crippen molar-refractivity contribution in [2.75, 3.05) is 26.9 Å². The molecule has 3 N–H and O–H groups in total. The third-order valence-corrected chi connectivity index (χ3v) is 2.87. The fraction of sp³-hybridized carbons (Fsp3) is 0.533. The molecule has 0 saturated heterocycles. The molecule has 1 rings (SSSR count). The first-order valence-electron chi connectivity index (χ1n) is 6.79. The van der Waals surface area contributed by atoms with Crippen molar-refractivity contribution in [2.24, 2.45) is 5.73 Å². The topological polar surface area (TPSA) is 73.6 Å². The number of methoxy groups -OCH3 is 1. The van der Waals surface area contributed by atoms with E-state index >= 15 is 0 Å². The highest BCUT2D eigenvalue weighted by molar-refractivity contribution is 5.77. The molecule has 0 aliphatic heterocycles. The molecule has 0 aliphatic carbocycles. The van der Waals surface area contributed by atoms with Crippen molar-refractivity contribution in [1.29, 1.82) is 0 Å². The molecule has 0 spiro atoms. The Labute approximate surface area is 120 Å². The Balaban J connectivity index is 2.48. The van der Waals surface area contributed by atoms with E-state index in [0.717, 1.165) is 17.5 Å². The summed E-state index contributed by atoms with van der Waals surface area (Å²) >= 11 is 0. The number of benzene rings is 1. The quantitative estimate of drug-likeness (QED) is 0.709. The molecular formula is C15H24N2O3. The van der Waals surface area contributed by atoms with Gasteiger partial charge in [-0.1, -0.05) is 12.1 Å². The van der Waals surface area contributed by atoms with E-state index < -0.39 is 0 Å². The minimum absolute atomic E-state index is 0.00381. The molecule has 0 aliphatic rings. The van der Waals surface area contributed by atoms with Gasteiger partial charge < -0.3 is 20.5 Å². The molecule has 5 heteroatoms. The molecule has 0 saturated carbocycles. The van der Waals surface area contributed by atoms with Gasteiger partial charge in [0.15, 0.2) is 6.61 Å². The third kappa shape index (κ3) is 5.59. The lowest BCUT2D eigenvalue weighted by atomic mass is 10.1. The lowest BCUT2D eigenvalue weighted by Gasteiger charge is -2.14. The number of ether oxygens (including phenoxy) is 2. The van der Waals surface area contributed by atoms with Gasteiger partial charge in [-0.05, 0) is 31.9 Å². The fourth-order valence-corrected chi connectivity index (χ4v) is 1.78. The van der Waals surface area contributed by atoms with Crippen LogP contribution in [0.5, 0.6) is 5.75 Å². The van der Waals surface area contributed by atoms with E-state index in [9.17, 15) is 4.79 Å². The SMILES string of the molecule is COCCCNC(=O)COc1cc(C)ccc1[C@@H](C)N. The number of rotatable bonds is 8. The van der Waals surface area contributed by atoms with E-state index in [1.165, 1.54) is 0 Å². The maximum Gasteiger partial charge on any atom is 0.257 e. The van der Waals surface area contributed by atoms with E-state index in [2.05, 4.69) is 5.32 Å². The van der Waals surface area contributed by atoms with Crippen molar-refractivity contribution in [3.8, 4) is 5.75 Å². The number of hydrogen-bond donors (Lipinski definition) is 2. The van der Waals surface area contributed by atoms with Crippen LogP contribution in [0.1, 0.15) is 30.5 Å². The second kappa shape index (κ2) is 8.55. The van der Waals surface area contributed by atoms with Crippen LogP contribution in [-0.4, -0.2) is 32.8 Å². The number of carbonyl (C=O) groups is 1. The summed E-state index contributed by atoms with van der Waals surface area (Å²) in [6.45, 7) is 5.08. The van der Waals surface area contributed by atoms with Gasteiger partial charge in [0.05, 0.1) is 0 Å². The van der Waals surface area contributed by atoms with E-state index in [4.69, 9.17) is 15.2 Å². The molecule has 0 heterocycles. The first-order valence-corrected chi connectivity index (χ1v) is 6.79. The monoisotopic (exact) mass is 280 g/mol. The molecule has 0 unspecified atom stereocenters. The van der Waals surface area contributed by atoms with Crippen molar-refractivity contribution in [3.63, 3.8) is 0 Å². The van der Waals surface area contributed by atoms with Crippen LogP contribution in [-0.2, 0) is 9.53 Å². The Kier molecular flexibility index (Phi) is 7.04. The first kappa shape index (κ1) is 16.5. The van der Waals surface area contributed by atoms with E-state index in [1.54, 1.807) is 7.11 Å². The number of carbonyl (C=O) groups excluding carboxylic acids is 1. The molecular weight excluding hydrogens is 256 g/mol. The summed E-state index contributed by atoms with van der Waals surface area (Å²) in [6, 6.07) is 5.69. The minimum Gasteiger partial charge on any atom is -0.483 e. The van der Waals surface area contributed by atoms with Crippen LogP contribution >= 0.6 is 0 Å². The van der Waals surface area contributed by atoms with Crippen molar-refractivity contribution < 1.29 is 14.3 Å². The minimum atomic E-state index is -0.141. The van der Waals surface area contributed by atoms with Crippen molar-refractivity contribution in [1.82, 2.24) is 5.32 Å². The summed E-state index contributed by atoms with van der Waals surface area (Å²) < 4.78 is 10.5. The maximum atomic E-state index is 11.6. The molecule has 1 amide bonds. The zero-order valence-electron chi connectivity index (χ0n) is 12.4. The van der Waals surface area contributed by atoms with Crippen molar-refractivity contribution >= 4 is 5.91 Å². The maximum absolute atomic E-state index is 11.6. The van der Waals surface area contributed by atoms with Gasteiger partial charge in [0.25, 0.3) is 5.91 Å². The second-order valence-electron chi connectivity index (χ2n) is 4.81. The molecule has 5 nitrogen and oxygen atoms in total. The van der Waals surface area contributed by atoms with Gasteiger partial charge in [-0.25, -0.2) is 0 Å². The Morgan fingerprint density at radius 3 is 2.85 bits per heavy atom. The fourth-order valence-electron chi connectivity index (χ4n) is 1.78. The zero-order chi connectivity index (χ0) is 15.0. The van der Waals surface area contributed by atoms with Crippen molar-refractivity contribution in [2.45, 2.75) is 26.3 Å². The Morgan fingerprint density at radius 2 is 2.20 bits per heavy atom. The van der Waals surface area contributed by atoms with Crippen molar-refractivity contribution in [3.05, 3.63) is 29.3 Å². The average Bonchev–Trinajstić information content (AvgIpc) is 2.41. The summed E-state index contributed by atoms with van der Waals surface area (Å²) in [5, 5.41) is 2.78. The predicted molar refractivity (Wildman–Crippen MR) is 78.8 cm³/mol. The number of nitrogens with two attached hydrogens (primary N) is 1. The van der Waals surface area contributed by atoms with E-state index in [0.29, 0.717) is 18.9 Å². The molecule has 0 fully saturated rings. The van der Waals surface area contributed by atoms with Crippen LogP contribution in [0.15, 0.2) is 18.2 Å². The first-order chi connectivity index (χ1) is 9.54. The highest BCUT2D eigenvalue weighted by Crippen LogP contribution is 2.24. The summed E-state index contributed by atoms with van der Waals surface area (Å²) in [7, 11) is 1.64. The van der Waals surface area contributed by atoms with Gasteiger partial charge in [0.2, 0.25) is 0 Å². The predicted octanol–water partition coefficient (Wildman–Crippen LogP) is 1.55. The lowest BCUT2D eigenvalue weighted by Crippen LogP contribution is -2.30. The third-order valence-electron chi connectivity index (χ3n) is 2.87. The Morgan fingerprint density at radius 1 is 1.45 bits per heavy atom. The lowest BCUT2D eigenvalue weighted by molar-refractivity contribution is -0.123.